The first-order chi connectivity index (χ1) is 5.83. The lowest BCUT2D eigenvalue weighted by molar-refractivity contribution is 1.13. The second-order valence-corrected chi connectivity index (χ2v) is 2.81. The van der Waals surface area contributed by atoms with Gasteiger partial charge in [-0.15, -0.1) is 0 Å². The maximum Gasteiger partial charge on any atom is 0.0260 e. The molecule has 0 N–H and O–H groups in total. The summed E-state index contributed by atoms with van der Waals surface area (Å²) in [5.74, 6) is 0. The van der Waals surface area contributed by atoms with E-state index in [0.717, 1.165) is 6.42 Å². The Morgan fingerprint density at radius 1 is 1.58 bits per heavy atom. The van der Waals surface area contributed by atoms with Gasteiger partial charge in [-0.2, -0.15) is 0 Å². The average molecular weight is 159 g/mol. The van der Waals surface area contributed by atoms with Crippen LogP contribution in [0.2, 0.25) is 0 Å². The normalized spacial score (nSPS) is 20.1. The van der Waals surface area contributed by atoms with Crippen LogP contribution in [0.3, 0.4) is 0 Å². The van der Waals surface area contributed by atoms with Gasteiger partial charge >= 0.3 is 0 Å². The molecule has 0 heterocycles. The van der Waals surface area contributed by atoms with Gasteiger partial charge in [0.1, 0.15) is 0 Å². The molecule has 0 fully saturated rings. The zero-order valence-electron chi connectivity index (χ0n) is 7.33. The number of nitrogens with zero attached hydrogens (tertiary/aromatic N) is 1. The van der Waals surface area contributed by atoms with Crippen LogP contribution in [0.5, 0.6) is 0 Å². The maximum absolute atomic E-state index is 3.63. The molecule has 1 heteroatoms. The van der Waals surface area contributed by atoms with Crippen LogP contribution in [0.4, 0.5) is 0 Å². The van der Waals surface area contributed by atoms with Crippen LogP contribution in [0, 0.1) is 0 Å². The van der Waals surface area contributed by atoms with Crippen molar-refractivity contribution in [1.82, 2.24) is 0 Å². The third-order valence-corrected chi connectivity index (χ3v) is 1.68. The van der Waals surface area contributed by atoms with E-state index in [1.54, 1.807) is 6.20 Å². The second kappa shape index (κ2) is 4.50. The number of aliphatic imine (C=N–C) groups is 1. The molecule has 0 bridgehead atoms. The van der Waals surface area contributed by atoms with Crippen LogP contribution in [0.1, 0.15) is 13.3 Å². The molecule has 0 spiro atoms. The number of rotatable bonds is 2. The third-order valence-electron chi connectivity index (χ3n) is 1.68. The molecule has 0 aromatic heterocycles. The van der Waals surface area contributed by atoms with Crippen molar-refractivity contribution in [3.8, 4) is 0 Å². The van der Waals surface area contributed by atoms with Crippen molar-refractivity contribution in [3.05, 3.63) is 47.7 Å². The molecule has 1 rings (SSSR count). The fraction of sp³-hybridized carbons (Fsp3) is 0.182. The van der Waals surface area contributed by atoms with E-state index in [-0.39, 0.29) is 0 Å². The van der Waals surface area contributed by atoms with E-state index < -0.39 is 0 Å². The van der Waals surface area contributed by atoms with Gasteiger partial charge in [-0.1, -0.05) is 29.9 Å². The molecule has 0 unspecified atom stereocenters. The average Bonchev–Trinajstić information content (AvgIpc) is 2.05. The summed E-state index contributed by atoms with van der Waals surface area (Å²) < 4.78 is 0. The van der Waals surface area contributed by atoms with Crippen molar-refractivity contribution in [2.75, 3.05) is 0 Å². The number of hydrogen-bond donors (Lipinski definition) is 0. The highest BCUT2D eigenvalue weighted by Crippen LogP contribution is 2.16. The van der Waals surface area contributed by atoms with Crippen LogP contribution in [0.15, 0.2) is 52.7 Å². The Morgan fingerprint density at radius 3 is 3.08 bits per heavy atom. The lowest BCUT2D eigenvalue weighted by Crippen LogP contribution is -1.85. The summed E-state index contributed by atoms with van der Waals surface area (Å²) in [4.78, 5) is 3.63. The standard InChI is InChI=1S/C11H13N/c1-10-5-3-6-11(9-10)7-4-8-12-2/h3-8H,2,9H2,1H3/b8-4-,11-7-. The fourth-order valence-corrected chi connectivity index (χ4v) is 1.12. The lowest BCUT2D eigenvalue weighted by atomic mass is 10.0. The SMILES string of the molecule is C=N/C=C\C=C1\C=CC=C(C)C1. The molecule has 0 aliphatic heterocycles. The molecule has 0 saturated heterocycles. The first kappa shape index (κ1) is 8.72. The third kappa shape index (κ3) is 2.70. The highest BCUT2D eigenvalue weighted by Gasteiger charge is 1.96. The zero-order chi connectivity index (χ0) is 8.81. The molecule has 0 aromatic carbocycles. The van der Waals surface area contributed by atoms with Gasteiger partial charge in [-0.3, -0.25) is 4.99 Å². The summed E-state index contributed by atoms with van der Waals surface area (Å²) in [6, 6.07) is 0. The summed E-state index contributed by atoms with van der Waals surface area (Å²) in [5.41, 5.74) is 2.71. The summed E-state index contributed by atoms with van der Waals surface area (Å²) in [5, 5.41) is 0. The number of hydrogen-bond acceptors (Lipinski definition) is 1. The topological polar surface area (TPSA) is 12.4 Å². The van der Waals surface area contributed by atoms with Crippen molar-refractivity contribution >= 4 is 6.72 Å². The van der Waals surface area contributed by atoms with Crippen molar-refractivity contribution in [3.63, 3.8) is 0 Å². The van der Waals surface area contributed by atoms with E-state index >= 15 is 0 Å². The summed E-state index contributed by atoms with van der Waals surface area (Å²) in [6.07, 6.45) is 13.0. The maximum atomic E-state index is 3.63. The molecule has 12 heavy (non-hydrogen) atoms. The highest BCUT2D eigenvalue weighted by atomic mass is 14.6. The van der Waals surface area contributed by atoms with Gasteiger partial charge in [0.05, 0.1) is 0 Å². The van der Waals surface area contributed by atoms with E-state index in [0.29, 0.717) is 0 Å². The predicted octanol–water partition coefficient (Wildman–Crippen LogP) is 3.03. The smallest absolute Gasteiger partial charge is 0.0260 e. The molecule has 1 nitrogen and oxygen atoms in total. The van der Waals surface area contributed by atoms with Crippen LogP contribution in [0.25, 0.3) is 0 Å². The Labute approximate surface area is 73.5 Å². The van der Waals surface area contributed by atoms with Crippen molar-refractivity contribution < 1.29 is 0 Å². The lowest BCUT2D eigenvalue weighted by Gasteiger charge is -2.05. The molecular formula is C11H13N. The van der Waals surface area contributed by atoms with Gasteiger partial charge < -0.3 is 0 Å². The van der Waals surface area contributed by atoms with Crippen LogP contribution in [-0.2, 0) is 0 Å². The first-order valence-electron chi connectivity index (χ1n) is 3.98. The summed E-state index contributed by atoms with van der Waals surface area (Å²) in [7, 11) is 0. The van der Waals surface area contributed by atoms with Crippen LogP contribution < -0.4 is 0 Å². The quantitative estimate of drug-likeness (QED) is 0.549. The molecule has 62 valence electrons. The Morgan fingerprint density at radius 2 is 2.42 bits per heavy atom. The van der Waals surface area contributed by atoms with E-state index in [1.165, 1.54) is 11.1 Å². The van der Waals surface area contributed by atoms with Gasteiger partial charge in [-0.25, -0.2) is 0 Å². The molecule has 0 radical (unpaired) electrons. The van der Waals surface area contributed by atoms with Gasteiger partial charge in [0.2, 0.25) is 0 Å². The minimum atomic E-state index is 1.04. The van der Waals surface area contributed by atoms with Crippen molar-refractivity contribution in [1.29, 1.82) is 0 Å². The van der Waals surface area contributed by atoms with Gasteiger partial charge in [0, 0.05) is 6.20 Å². The van der Waals surface area contributed by atoms with Crippen LogP contribution >= 0.6 is 0 Å². The van der Waals surface area contributed by atoms with Crippen molar-refractivity contribution in [2.45, 2.75) is 13.3 Å². The van der Waals surface area contributed by atoms with E-state index in [2.05, 4.69) is 42.9 Å². The molecule has 1 aliphatic rings. The molecule has 0 aromatic rings. The van der Waals surface area contributed by atoms with Crippen LogP contribution in [-0.4, -0.2) is 6.72 Å². The largest absolute Gasteiger partial charge is 0.273 e. The number of allylic oxidation sites excluding steroid dienone is 7. The van der Waals surface area contributed by atoms with E-state index in [4.69, 9.17) is 0 Å². The summed E-state index contributed by atoms with van der Waals surface area (Å²) in [6.45, 7) is 5.49. The summed E-state index contributed by atoms with van der Waals surface area (Å²) >= 11 is 0. The Balaban J connectivity index is 2.61. The van der Waals surface area contributed by atoms with Gasteiger partial charge in [0.15, 0.2) is 0 Å². The minimum Gasteiger partial charge on any atom is -0.273 e. The molecule has 0 atom stereocenters. The molecule has 0 saturated carbocycles. The van der Waals surface area contributed by atoms with Crippen molar-refractivity contribution in [2.24, 2.45) is 4.99 Å². The molecule has 0 amide bonds. The van der Waals surface area contributed by atoms with E-state index in [1.807, 2.05) is 6.08 Å². The predicted molar refractivity (Wildman–Crippen MR) is 54.3 cm³/mol. The van der Waals surface area contributed by atoms with Gasteiger partial charge in [-0.05, 0) is 31.7 Å². The Kier molecular flexibility index (Phi) is 3.27. The minimum absolute atomic E-state index is 1.04. The highest BCUT2D eigenvalue weighted by molar-refractivity contribution is 5.36. The molecular weight excluding hydrogens is 146 g/mol. The Bertz CT molecular complexity index is 277. The zero-order valence-corrected chi connectivity index (χ0v) is 7.33. The fourth-order valence-electron chi connectivity index (χ4n) is 1.12. The van der Waals surface area contributed by atoms with Gasteiger partial charge in [0.25, 0.3) is 0 Å². The second-order valence-electron chi connectivity index (χ2n) is 2.81. The molecule has 1 aliphatic carbocycles. The van der Waals surface area contributed by atoms with E-state index in [9.17, 15) is 0 Å². The first-order valence-corrected chi connectivity index (χ1v) is 3.98. The monoisotopic (exact) mass is 159 g/mol. The Hall–Kier alpha value is -1.37.